The van der Waals surface area contributed by atoms with Crippen molar-refractivity contribution in [1.29, 1.82) is 0 Å². The maximum Gasteiger partial charge on any atom is 0.261 e. The molecule has 1 aliphatic rings. The normalized spacial score (nSPS) is 21.2. The van der Waals surface area contributed by atoms with Crippen LogP contribution < -0.4 is 5.56 Å². The Labute approximate surface area is 169 Å². The highest BCUT2D eigenvalue weighted by Crippen LogP contribution is 2.53. The molecule has 0 radical (unpaired) electrons. The number of nitrogens with zero attached hydrogens (tertiary/aromatic N) is 5. The molecule has 5 rings (SSSR count). The van der Waals surface area contributed by atoms with Crippen LogP contribution in [-0.2, 0) is 12.2 Å². The predicted molar refractivity (Wildman–Crippen MR) is 103 cm³/mol. The van der Waals surface area contributed by atoms with Crippen LogP contribution in [0.3, 0.4) is 0 Å². The summed E-state index contributed by atoms with van der Waals surface area (Å²) in [7, 11) is 0. The van der Waals surface area contributed by atoms with Crippen LogP contribution in [0, 0.1) is 0 Å². The van der Waals surface area contributed by atoms with Gasteiger partial charge in [0.2, 0.25) is 5.89 Å². The number of benzene rings is 1. The summed E-state index contributed by atoms with van der Waals surface area (Å²) in [6.45, 7) is 0.0990. The van der Waals surface area contributed by atoms with Gasteiger partial charge in [0, 0.05) is 17.1 Å². The van der Waals surface area contributed by atoms with Gasteiger partial charge < -0.3 is 4.52 Å². The van der Waals surface area contributed by atoms with Crippen LogP contribution in [-0.4, -0.2) is 24.7 Å². The van der Waals surface area contributed by atoms with Crippen molar-refractivity contribution >= 4 is 22.5 Å². The van der Waals surface area contributed by atoms with Crippen molar-refractivity contribution in [3.05, 3.63) is 81.7 Å². The largest absolute Gasteiger partial charge is 0.337 e. The van der Waals surface area contributed by atoms with Gasteiger partial charge in [-0.25, -0.2) is 9.37 Å². The molecule has 0 unspecified atom stereocenters. The molecule has 146 valence electrons. The van der Waals surface area contributed by atoms with Crippen LogP contribution in [0.25, 0.3) is 10.9 Å². The van der Waals surface area contributed by atoms with Gasteiger partial charge in [-0.05, 0) is 36.6 Å². The molecule has 0 atom stereocenters. The van der Waals surface area contributed by atoms with Crippen LogP contribution in [0.2, 0.25) is 5.02 Å². The Morgan fingerprint density at radius 3 is 2.83 bits per heavy atom. The SMILES string of the molecule is O=c1c2ccncc2ncn1Cc1nc([C@H]2C[C@](F)(c3ccc(Cl)cc3)C2)no1. The van der Waals surface area contributed by atoms with Gasteiger partial charge in [0.25, 0.3) is 5.56 Å². The molecular formula is C20H15ClFN5O2. The van der Waals surface area contributed by atoms with Crippen molar-refractivity contribution < 1.29 is 8.91 Å². The standard InChI is InChI=1S/C20H15ClFN5O2/c21-14-3-1-13(2-4-14)20(22)7-12(8-20)18-25-17(29-26-18)10-27-11-24-16-9-23-6-5-15(16)19(27)28/h1-6,9,11-12H,7-8,10H2/t12-,20+. The minimum Gasteiger partial charge on any atom is -0.337 e. The number of halogens is 2. The molecule has 0 amide bonds. The molecule has 4 aromatic rings. The quantitative estimate of drug-likeness (QED) is 0.509. The van der Waals surface area contributed by atoms with Crippen LogP contribution in [0.4, 0.5) is 4.39 Å². The second-order valence-corrected chi connectivity index (χ2v) is 7.63. The molecule has 3 aromatic heterocycles. The van der Waals surface area contributed by atoms with Crippen molar-refractivity contribution in [2.45, 2.75) is 31.0 Å². The van der Waals surface area contributed by atoms with Crippen LogP contribution in [0.15, 0.2) is 58.4 Å². The Hall–Kier alpha value is -3.13. The van der Waals surface area contributed by atoms with E-state index in [-0.39, 0.29) is 36.8 Å². The smallest absolute Gasteiger partial charge is 0.261 e. The van der Waals surface area contributed by atoms with E-state index in [1.807, 2.05) is 0 Å². The lowest BCUT2D eigenvalue weighted by Gasteiger charge is -2.40. The lowest BCUT2D eigenvalue weighted by atomic mass is 9.68. The van der Waals surface area contributed by atoms with E-state index in [2.05, 4.69) is 20.1 Å². The summed E-state index contributed by atoms with van der Waals surface area (Å²) in [4.78, 5) is 25.1. The van der Waals surface area contributed by atoms with Gasteiger partial charge in [0.15, 0.2) is 5.82 Å². The van der Waals surface area contributed by atoms with Gasteiger partial charge in [-0.15, -0.1) is 0 Å². The zero-order valence-electron chi connectivity index (χ0n) is 15.1. The summed E-state index contributed by atoms with van der Waals surface area (Å²) < 4.78 is 21.8. The molecule has 0 saturated heterocycles. The van der Waals surface area contributed by atoms with Crippen molar-refractivity contribution in [3.63, 3.8) is 0 Å². The van der Waals surface area contributed by atoms with Crippen molar-refractivity contribution in [1.82, 2.24) is 24.7 Å². The molecule has 9 heteroatoms. The fourth-order valence-electron chi connectivity index (χ4n) is 3.65. The summed E-state index contributed by atoms with van der Waals surface area (Å²) in [5, 5.41) is 5.02. The number of hydrogen-bond acceptors (Lipinski definition) is 6. The van der Waals surface area contributed by atoms with Gasteiger partial charge >= 0.3 is 0 Å². The summed E-state index contributed by atoms with van der Waals surface area (Å²) in [5.41, 5.74) is -0.504. The molecule has 1 saturated carbocycles. The van der Waals surface area contributed by atoms with E-state index in [0.29, 0.717) is 27.3 Å². The van der Waals surface area contributed by atoms with Gasteiger partial charge in [-0.2, -0.15) is 4.98 Å². The Morgan fingerprint density at radius 2 is 2.03 bits per heavy atom. The van der Waals surface area contributed by atoms with Crippen molar-refractivity contribution in [2.24, 2.45) is 0 Å². The maximum absolute atomic E-state index is 15.1. The number of hydrogen-bond donors (Lipinski definition) is 0. The molecule has 3 heterocycles. The minimum absolute atomic E-state index is 0.0990. The first-order valence-corrected chi connectivity index (χ1v) is 9.46. The highest BCUT2D eigenvalue weighted by atomic mass is 35.5. The number of aromatic nitrogens is 5. The van der Waals surface area contributed by atoms with E-state index in [1.54, 1.807) is 36.5 Å². The first kappa shape index (κ1) is 17.9. The van der Waals surface area contributed by atoms with Crippen LogP contribution in [0.5, 0.6) is 0 Å². The highest BCUT2D eigenvalue weighted by molar-refractivity contribution is 6.30. The Morgan fingerprint density at radius 1 is 1.24 bits per heavy atom. The second-order valence-electron chi connectivity index (χ2n) is 7.19. The number of fused-ring (bicyclic) bond motifs is 1. The predicted octanol–water partition coefficient (Wildman–Crippen LogP) is 3.62. The van der Waals surface area contributed by atoms with E-state index >= 15 is 4.39 Å². The third-order valence-corrected chi connectivity index (χ3v) is 5.54. The Balaban J connectivity index is 1.32. The van der Waals surface area contributed by atoms with E-state index < -0.39 is 5.67 Å². The minimum atomic E-state index is -1.41. The van der Waals surface area contributed by atoms with E-state index in [0.717, 1.165) is 0 Å². The summed E-state index contributed by atoms with van der Waals surface area (Å²) >= 11 is 5.87. The zero-order valence-corrected chi connectivity index (χ0v) is 15.9. The van der Waals surface area contributed by atoms with Crippen molar-refractivity contribution in [3.8, 4) is 0 Å². The average Bonchev–Trinajstić information content (AvgIpc) is 3.16. The molecule has 1 aliphatic carbocycles. The summed E-state index contributed by atoms with van der Waals surface area (Å²) in [6.07, 6.45) is 5.05. The molecule has 0 bridgehead atoms. The van der Waals surface area contributed by atoms with E-state index in [9.17, 15) is 4.79 Å². The maximum atomic E-state index is 15.1. The van der Waals surface area contributed by atoms with Crippen LogP contribution >= 0.6 is 11.6 Å². The second kappa shape index (κ2) is 6.73. The summed E-state index contributed by atoms with van der Waals surface area (Å²) in [5.74, 6) is 0.596. The molecule has 0 aliphatic heterocycles. The molecule has 1 fully saturated rings. The van der Waals surface area contributed by atoms with Gasteiger partial charge in [0.1, 0.15) is 12.2 Å². The third kappa shape index (κ3) is 3.19. The van der Waals surface area contributed by atoms with Gasteiger partial charge in [-0.3, -0.25) is 14.3 Å². The lowest BCUT2D eigenvalue weighted by molar-refractivity contribution is 0.0336. The third-order valence-electron chi connectivity index (χ3n) is 5.28. The molecule has 0 spiro atoms. The molecule has 29 heavy (non-hydrogen) atoms. The Kier molecular flexibility index (Phi) is 4.16. The number of alkyl halides is 1. The van der Waals surface area contributed by atoms with Gasteiger partial charge in [-0.1, -0.05) is 28.9 Å². The highest BCUT2D eigenvalue weighted by Gasteiger charge is 2.48. The van der Waals surface area contributed by atoms with E-state index in [1.165, 1.54) is 17.1 Å². The fraction of sp³-hybridized carbons (Fsp3) is 0.250. The van der Waals surface area contributed by atoms with Crippen molar-refractivity contribution in [2.75, 3.05) is 0 Å². The summed E-state index contributed by atoms with van der Waals surface area (Å²) in [6, 6.07) is 8.39. The first-order chi connectivity index (χ1) is 14.0. The Bertz CT molecular complexity index is 1250. The topological polar surface area (TPSA) is 86.7 Å². The zero-order chi connectivity index (χ0) is 20.0. The first-order valence-electron chi connectivity index (χ1n) is 9.08. The lowest BCUT2D eigenvalue weighted by Crippen LogP contribution is -2.36. The van der Waals surface area contributed by atoms with Gasteiger partial charge in [0.05, 0.1) is 23.4 Å². The molecular weight excluding hydrogens is 397 g/mol. The molecule has 0 N–H and O–H groups in total. The molecule has 7 nitrogen and oxygen atoms in total. The monoisotopic (exact) mass is 411 g/mol. The van der Waals surface area contributed by atoms with Crippen LogP contribution in [0.1, 0.15) is 36.0 Å². The van der Waals surface area contributed by atoms with E-state index in [4.69, 9.17) is 16.1 Å². The number of pyridine rings is 1. The average molecular weight is 412 g/mol. The fourth-order valence-corrected chi connectivity index (χ4v) is 3.78. The number of rotatable bonds is 4. The molecule has 1 aromatic carbocycles.